The first-order valence-electron chi connectivity index (χ1n) is 11.2. The molecule has 2 bridgehead atoms. The van der Waals surface area contributed by atoms with Crippen LogP contribution in [0.5, 0.6) is 11.5 Å². The first-order chi connectivity index (χ1) is 14.8. The van der Waals surface area contributed by atoms with Gasteiger partial charge in [-0.1, -0.05) is 32.9 Å². The lowest BCUT2D eigenvalue weighted by Gasteiger charge is -2.36. The van der Waals surface area contributed by atoms with Crippen LogP contribution in [0.3, 0.4) is 0 Å². The summed E-state index contributed by atoms with van der Waals surface area (Å²) in [6.07, 6.45) is 3.78. The zero-order valence-electron chi connectivity index (χ0n) is 19.2. The summed E-state index contributed by atoms with van der Waals surface area (Å²) in [6, 6.07) is 17.1. The van der Waals surface area contributed by atoms with Crippen LogP contribution in [0.2, 0.25) is 0 Å². The van der Waals surface area contributed by atoms with Gasteiger partial charge >= 0.3 is 0 Å². The van der Waals surface area contributed by atoms with E-state index >= 15 is 0 Å². The molecular formula is C27H32NO3+. The molecule has 2 fully saturated rings. The van der Waals surface area contributed by atoms with Crippen LogP contribution in [-0.2, 0) is 0 Å². The number of nitrogens with zero attached hydrogens (tertiary/aromatic N) is 1. The maximum absolute atomic E-state index is 6.38. The van der Waals surface area contributed by atoms with Crippen LogP contribution < -0.4 is 19.4 Å². The maximum atomic E-state index is 6.38. The highest BCUT2D eigenvalue weighted by atomic mass is 16.5. The van der Waals surface area contributed by atoms with Crippen molar-refractivity contribution >= 4 is 11.0 Å². The number of rotatable bonds is 3. The molecule has 31 heavy (non-hydrogen) atoms. The van der Waals surface area contributed by atoms with Crippen molar-refractivity contribution in [2.45, 2.75) is 46.1 Å². The molecule has 2 aromatic carbocycles. The summed E-state index contributed by atoms with van der Waals surface area (Å²) in [5, 5.41) is 2.46. The van der Waals surface area contributed by atoms with Gasteiger partial charge in [-0.15, -0.1) is 0 Å². The number of fused-ring (bicyclic) bond motifs is 3. The Hall–Kier alpha value is -2.75. The fourth-order valence-corrected chi connectivity index (χ4v) is 6.23. The lowest BCUT2D eigenvalue weighted by Crippen LogP contribution is -2.37. The van der Waals surface area contributed by atoms with Gasteiger partial charge in [-0.3, -0.25) is 0 Å². The summed E-state index contributed by atoms with van der Waals surface area (Å²) >= 11 is 0. The molecule has 4 heteroatoms. The average molecular weight is 419 g/mol. The van der Waals surface area contributed by atoms with Crippen molar-refractivity contribution in [1.29, 1.82) is 0 Å². The smallest absolute Gasteiger partial charge is 0.215 e. The van der Waals surface area contributed by atoms with Crippen LogP contribution >= 0.6 is 0 Å². The summed E-state index contributed by atoms with van der Waals surface area (Å²) in [6.45, 7) is 8.41. The first-order valence-corrected chi connectivity index (χ1v) is 11.2. The molecule has 0 amide bonds. The van der Waals surface area contributed by atoms with Gasteiger partial charge < -0.3 is 13.9 Å². The minimum atomic E-state index is 0.365. The molecule has 1 aromatic heterocycles. The second-order valence-corrected chi connectivity index (χ2v) is 10.4. The van der Waals surface area contributed by atoms with Crippen molar-refractivity contribution in [3.05, 3.63) is 53.9 Å². The third-order valence-electron chi connectivity index (χ3n) is 7.04. The van der Waals surface area contributed by atoms with Gasteiger partial charge in [0.1, 0.15) is 17.9 Å². The largest absolute Gasteiger partial charge is 0.493 e. The molecule has 2 heterocycles. The lowest BCUT2D eigenvalue weighted by atomic mass is 9.65. The van der Waals surface area contributed by atoms with E-state index in [0.717, 1.165) is 29.2 Å². The highest BCUT2D eigenvalue weighted by molar-refractivity contribution is 5.78. The van der Waals surface area contributed by atoms with E-state index in [1.54, 1.807) is 14.2 Å². The monoisotopic (exact) mass is 418 g/mol. The van der Waals surface area contributed by atoms with Gasteiger partial charge in [0.2, 0.25) is 5.36 Å². The van der Waals surface area contributed by atoms with Gasteiger partial charge in [0.05, 0.1) is 25.7 Å². The van der Waals surface area contributed by atoms with Gasteiger partial charge in [-0.2, -0.15) is 0 Å². The van der Waals surface area contributed by atoms with Crippen LogP contribution in [0.4, 0.5) is 0 Å². The predicted octanol–water partition coefficient (Wildman–Crippen LogP) is 5.49. The predicted molar refractivity (Wildman–Crippen MR) is 124 cm³/mol. The van der Waals surface area contributed by atoms with Crippen LogP contribution in [0.25, 0.3) is 22.3 Å². The molecule has 5 rings (SSSR count). The molecule has 1 saturated heterocycles. The summed E-state index contributed by atoms with van der Waals surface area (Å²) in [4.78, 5) is 0. The van der Waals surface area contributed by atoms with E-state index in [4.69, 9.17) is 13.9 Å². The number of ether oxygens (including phenoxy) is 2. The topological polar surface area (TPSA) is 34.6 Å². The van der Waals surface area contributed by atoms with Crippen LogP contribution in [0.1, 0.15) is 40.0 Å². The van der Waals surface area contributed by atoms with Gasteiger partial charge in [-0.05, 0) is 42.2 Å². The minimum absolute atomic E-state index is 0.365. The molecule has 4 nitrogen and oxygen atoms in total. The molecule has 0 spiro atoms. The molecule has 2 aliphatic rings. The van der Waals surface area contributed by atoms with Crippen molar-refractivity contribution in [2.24, 2.45) is 10.8 Å². The number of benzene rings is 2. The third-order valence-corrected chi connectivity index (χ3v) is 7.04. The van der Waals surface area contributed by atoms with Crippen molar-refractivity contribution < 1.29 is 13.9 Å². The number of hydrogen-bond acceptors (Lipinski definition) is 3. The Morgan fingerprint density at radius 2 is 1.71 bits per heavy atom. The third kappa shape index (κ3) is 3.52. The zero-order valence-corrected chi connectivity index (χ0v) is 19.2. The van der Waals surface area contributed by atoms with Crippen molar-refractivity contribution in [1.82, 2.24) is 4.58 Å². The second-order valence-electron chi connectivity index (χ2n) is 10.4. The maximum Gasteiger partial charge on any atom is 0.215 e. The Morgan fingerprint density at radius 3 is 2.48 bits per heavy atom. The van der Waals surface area contributed by atoms with Crippen LogP contribution in [-0.4, -0.2) is 26.8 Å². The zero-order chi connectivity index (χ0) is 21.8. The summed E-state index contributed by atoms with van der Waals surface area (Å²) < 4.78 is 20.0. The molecule has 1 aliphatic heterocycles. The molecule has 162 valence electrons. The molecule has 0 radical (unpaired) electrons. The highest BCUT2D eigenvalue weighted by Gasteiger charge is 2.53. The molecule has 2 atom stereocenters. The van der Waals surface area contributed by atoms with Crippen molar-refractivity contribution in [3.8, 4) is 22.8 Å². The Kier molecular flexibility index (Phi) is 4.65. The molecule has 0 N–H and O–H groups in total. The fraction of sp³-hybridized carbons (Fsp3) is 0.444. The van der Waals surface area contributed by atoms with Gasteiger partial charge in [-0.25, -0.2) is 4.58 Å². The van der Waals surface area contributed by atoms with Gasteiger partial charge in [0.15, 0.2) is 17.5 Å². The average Bonchev–Trinajstić information content (AvgIpc) is 3.00. The Labute approximate surface area is 184 Å². The lowest BCUT2D eigenvalue weighted by molar-refractivity contribution is 0.135. The van der Waals surface area contributed by atoms with E-state index < -0.39 is 0 Å². The van der Waals surface area contributed by atoms with Crippen molar-refractivity contribution in [3.63, 3.8) is 0 Å². The molecule has 1 aliphatic carbocycles. The summed E-state index contributed by atoms with van der Waals surface area (Å²) in [5.74, 6) is 2.27. The normalized spacial score (nSPS) is 26.2. The number of hydrogen-bond donors (Lipinski definition) is 0. The van der Waals surface area contributed by atoms with Crippen LogP contribution in [0.15, 0.2) is 52.9 Å². The summed E-state index contributed by atoms with van der Waals surface area (Å²) in [5.41, 5.74) is 2.64. The quantitative estimate of drug-likeness (QED) is 0.528. The van der Waals surface area contributed by atoms with E-state index in [0.29, 0.717) is 22.6 Å². The van der Waals surface area contributed by atoms with E-state index in [1.807, 2.05) is 24.3 Å². The fourth-order valence-electron chi connectivity index (χ4n) is 6.23. The van der Waals surface area contributed by atoms with E-state index in [-0.39, 0.29) is 0 Å². The van der Waals surface area contributed by atoms with Gasteiger partial charge in [0, 0.05) is 23.8 Å². The van der Waals surface area contributed by atoms with E-state index in [9.17, 15) is 0 Å². The van der Waals surface area contributed by atoms with Crippen LogP contribution in [0, 0.1) is 10.8 Å². The van der Waals surface area contributed by atoms with Crippen molar-refractivity contribution in [2.75, 3.05) is 20.8 Å². The molecule has 3 aromatic rings. The Balaban J connectivity index is 1.75. The van der Waals surface area contributed by atoms with Gasteiger partial charge in [0.25, 0.3) is 0 Å². The minimum Gasteiger partial charge on any atom is -0.493 e. The number of para-hydroxylation sites is 1. The molecule has 0 unspecified atom stereocenters. The standard InChI is InChI=1S/C27H32NO3/c1-26(2)14-19-15-27(3,16-26)17-28(19)21-13-24(31-22-9-7-6-8-20(21)22)18-10-11-23(29-4)25(12-18)30-5/h6-13,19H,14-17H2,1-5H3/q+1/t19-,27-/m0/s1. The Bertz CT molecular complexity index is 1220. The molecular weight excluding hydrogens is 386 g/mol. The highest BCUT2D eigenvalue weighted by Crippen LogP contribution is 2.50. The molecule has 1 saturated carbocycles. The number of methoxy groups -OCH3 is 2. The summed E-state index contributed by atoms with van der Waals surface area (Å²) in [7, 11) is 3.32. The SMILES string of the molecule is COc1ccc(-c2cc(=[N+]3C[C@@]4(C)C[C@@H]3CC(C)(C)C4)c3ccccc3o2)cc1OC. The van der Waals surface area contributed by atoms with E-state index in [1.165, 1.54) is 30.0 Å². The first kappa shape index (κ1) is 20.2. The second kappa shape index (κ2) is 7.15. The van der Waals surface area contributed by atoms with E-state index in [2.05, 4.69) is 49.6 Å². The Morgan fingerprint density at radius 1 is 0.935 bits per heavy atom.